The van der Waals surface area contributed by atoms with Crippen molar-refractivity contribution in [2.75, 3.05) is 13.7 Å². The third-order valence-electron chi connectivity index (χ3n) is 2.38. The normalized spacial score (nSPS) is 12.9. The van der Waals surface area contributed by atoms with Crippen LogP contribution in [0.3, 0.4) is 0 Å². The van der Waals surface area contributed by atoms with E-state index in [2.05, 4.69) is 14.5 Å². The van der Waals surface area contributed by atoms with Crippen LogP contribution in [-0.2, 0) is 14.3 Å². The minimum absolute atomic E-state index is 0.0171. The number of allylic oxidation sites excluding steroid dienone is 1. The lowest BCUT2D eigenvalue weighted by atomic mass is 10.2. The number of carbonyl (C=O) groups excluding carboxylic acids is 2. The number of carbonyl (C=O) groups is 2. The number of aliphatic imine (C=N–C) groups is 1. The van der Waals surface area contributed by atoms with Crippen molar-refractivity contribution >= 4 is 34.5 Å². The highest BCUT2D eigenvalue weighted by Gasteiger charge is 2.38. The highest BCUT2D eigenvalue weighted by molar-refractivity contribution is 7.14. The first-order chi connectivity index (χ1) is 10.7. The number of esters is 2. The number of ether oxygens (including phenoxy) is 2. The van der Waals surface area contributed by atoms with E-state index in [-0.39, 0.29) is 17.2 Å². The van der Waals surface area contributed by atoms with E-state index >= 15 is 0 Å². The summed E-state index contributed by atoms with van der Waals surface area (Å²) >= 11 is 0.943. The van der Waals surface area contributed by atoms with Gasteiger partial charge in [-0.1, -0.05) is 0 Å². The Hall–Kier alpha value is -2.36. The minimum atomic E-state index is -5.14. The second kappa shape index (κ2) is 7.77. The molecule has 0 aromatic carbocycles. The van der Waals surface area contributed by atoms with Crippen molar-refractivity contribution in [2.45, 2.75) is 13.1 Å². The molecule has 10 heteroatoms. The molecule has 1 N–H and O–H groups in total. The van der Waals surface area contributed by atoms with E-state index in [9.17, 15) is 27.9 Å². The molecule has 0 aliphatic heterocycles. The van der Waals surface area contributed by atoms with Gasteiger partial charge in [0.25, 0.3) is 0 Å². The van der Waals surface area contributed by atoms with Gasteiger partial charge >= 0.3 is 18.1 Å². The Bertz CT molecular complexity index is 648. The van der Waals surface area contributed by atoms with Crippen molar-refractivity contribution < 1.29 is 37.3 Å². The van der Waals surface area contributed by atoms with Crippen molar-refractivity contribution in [1.82, 2.24) is 0 Å². The van der Waals surface area contributed by atoms with Gasteiger partial charge < -0.3 is 14.6 Å². The van der Waals surface area contributed by atoms with Gasteiger partial charge in [-0.2, -0.15) is 13.2 Å². The molecule has 0 atom stereocenters. The van der Waals surface area contributed by atoms with Gasteiger partial charge in [0.15, 0.2) is 0 Å². The summed E-state index contributed by atoms with van der Waals surface area (Å²) in [5.74, 6) is -4.25. The summed E-state index contributed by atoms with van der Waals surface area (Å²) in [6.45, 7) is 1.21. The molecule has 1 aromatic rings. The highest BCUT2D eigenvalue weighted by Crippen LogP contribution is 2.29. The molecule has 0 unspecified atom stereocenters. The van der Waals surface area contributed by atoms with E-state index in [1.807, 2.05) is 0 Å². The molecule has 126 valence electrons. The van der Waals surface area contributed by atoms with E-state index in [1.54, 1.807) is 0 Å². The zero-order valence-electron chi connectivity index (χ0n) is 12.0. The van der Waals surface area contributed by atoms with E-state index in [0.717, 1.165) is 18.4 Å². The molecule has 0 amide bonds. The van der Waals surface area contributed by atoms with Crippen LogP contribution in [0.4, 0.5) is 18.2 Å². The molecule has 1 aromatic heterocycles. The Morgan fingerprint density at radius 1 is 1.43 bits per heavy atom. The number of alkyl halides is 3. The third-order valence-corrected chi connectivity index (χ3v) is 3.20. The van der Waals surface area contributed by atoms with Gasteiger partial charge in [0, 0.05) is 6.21 Å². The number of hydrogen-bond acceptors (Lipinski definition) is 7. The average Bonchev–Trinajstić information content (AvgIpc) is 2.94. The highest BCUT2D eigenvalue weighted by atomic mass is 32.1. The van der Waals surface area contributed by atoms with Crippen molar-refractivity contribution in [3.05, 3.63) is 28.3 Å². The smallest absolute Gasteiger partial charge is 0.449 e. The number of aliphatic hydroxyl groups excluding tert-OH is 1. The Morgan fingerprint density at radius 2 is 2.09 bits per heavy atom. The SMILES string of the molecule is CCOC(=O)C(C=Nc1sccc1C(=O)OC)=C(O)C(F)(F)F. The number of halogens is 3. The Morgan fingerprint density at radius 3 is 2.61 bits per heavy atom. The van der Waals surface area contributed by atoms with Gasteiger partial charge in [0.2, 0.25) is 5.76 Å². The molecule has 1 heterocycles. The van der Waals surface area contributed by atoms with Gasteiger partial charge in [0.1, 0.15) is 10.6 Å². The largest absolute Gasteiger partial charge is 0.504 e. The van der Waals surface area contributed by atoms with E-state index < -0.39 is 29.4 Å². The fourth-order valence-electron chi connectivity index (χ4n) is 1.36. The first kappa shape index (κ1) is 18.7. The van der Waals surface area contributed by atoms with Crippen LogP contribution in [-0.4, -0.2) is 43.2 Å². The van der Waals surface area contributed by atoms with Crippen LogP contribution in [0.1, 0.15) is 17.3 Å². The molecular weight excluding hydrogens is 339 g/mol. The van der Waals surface area contributed by atoms with E-state index in [4.69, 9.17) is 0 Å². The number of nitrogens with zero attached hydrogens (tertiary/aromatic N) is 1. The fourth-order valence-corrected chi connectivity index (χ4v) is 2.09. The van der Waals surface area contributed by atoms with Crippen LogP contribution < -0.4 is 0 Å². The monoisotopic (exact) mass is 351 g/mol. The molecule has 23 heavy (non-hydrogen) atoms. The van der Waals surface area contributed by atoms with E-state index in [0.29, 0.717) is 6.21 Å². The van der Waals surface area contributed by atoms with E-state index in [1.165, 1.54) is 18.4 Å². The van der Waals surface area contributed by atoms with Crippen LogP contribution in [0.15, 0.2) is 27.8 Å². The minimum Gasteiger partial charge on any atom is -0.504 e. The Kier molecular flexibility index (Phi) is 6.31. The zero-order chi connectivity index (χ0) is 17.6. The van der Waals surface area contributed by atoms with Gasteiger partial charge in [-0.25, -0.2) is 14.6 Å². The van der Waals surface area contributed by atoms with Crippen LogP contribution >= 0.6 is 11.3 Å². The van der Waals surface area contributed by atoms with Crippen LogP contribution in [0, 0.1) is 0 Å². The third kappa shape index (κ3) is 4.81. The summed E-state index contributed by atoms with van der Waals surface area (Å²) < 4.78 is 46.7. The topological polar surface area (TPSA) is 85.2 Å². The van der Waals surface area contributed by atoms with Crippen LogP contribution in [0.2, 0.25) is 0 Å². The molecule has 0 saturated heterocycles. The second-order valence-electron chi connectivity index (χ2n) is 3.87. The first-order valence-corrected chi connectivity index (χ1v) is 6.97. The van der Waals surface area contributed by atoms with Gasteiger partial charge in [0.05, 0.1) is 19.3 Å². The van der Waals surface area contributed by atoms with Crippen LogP contribution in [0.25, 0.3) is 0 Å². The van der Waals surface area contributed by atoms with Crippen molar-refractivity contribution in [2.24, 2.45) is 4.99 Å². The summed E-state index contributed by atoms with van der Waals surface area (Å²) in [7, 11) is 1.13. The van der Waals surface area contributed by atoms with Crippen molar-refractivity contribution in [3.63, 3.8) is 0 Å². The summed E-state index contributed by atoms with van der Waals surface area (Å²) in [6.07, 6.45) is -4.65. The average molecular weight is 351 g/mol. The number of methoxy groups -OCH3 is 1. The molecule has 1 rings (SSSR count). The van der Waals surface area contributed by atoms with Crippen molar-refractivity contribution in [3.8, 4) is 0 Å². The maximum Gasteiger partial charge on any atom is 0.449 e. The number of thiophene rings is 1. The number of rotatable bonds is 5. The summed E-state index contributed by atoms with van der Waals surface area (Å²) in [5, 5.41) is 10.7. The molecule has 6 nitrogen and oxygen atoms in total. The van der Waals surface area contributed by atoms with Crippen molar-refractivity contribution in [1.29, 1.82) is 0 Å². The molecule has 0 fully saturated rings. The molecule has 0 bridgehead atoms. The maximum absolute atomic E-state index is 12.6. The fraction of sp³-hybridized carbons (Fsp3) is 0.308. The zero-order valence-corrected chi connectivity index (χ0v) is 12.8. The quantitative estimate of drug-likeness (QED) is 0.381. The predicted molar refractivity (Wildman–Crippen MR) is 76.2 cm³/mol. The molecule has 0 radical (unpaired) electrons. The lowest BCUT2D eigenvalue weighted by Gasteiger charge is -2.09. The maximum atomic E-state index is 12.6. The summed E-state index contributed by atoms with van der Waals surface area (Å²) in [5.41, 5.74) is -1.15. The molecule has 0 aliphatic carbocycles. The summed E-state index contributed by atoms with van der Waals surface area (Å²) in [6, 6.07) is 1.36. The first-order valence-electron chi connectivity index (χ1n) is 6.09. The Balaban J connectivity index is 3.24. The number of aliphatic hydroxyl groups is 1. The lowest BCUT2D eigenvalue weighted by molar-refractivity contribution is -0.141. The number of hydrogen-bond donors (Lipinski definition) is 1. The lowest BCUT2D eigenvalue weighted by Crippen LogP contribution is -2.20. The summed E-state index contributed by atoms with van der Waals surface area (Å²) in [4.78, 5) is 26.6. The predicted octanol–water partition coefficient (Wildman–Crippen LogP) is 3.17. The van der Waals surface area contributed by atoms with Gasteiger partial charge in [-0.3, -0.25) is 0 Å². The second-order valence-corrected chi connectivity index (χ2v) is 4.76. The van der Waals surface area contributed by atoms with Gasteiger partial charge in [-0.05, 0) is 18.4 Å². The molecular formula is C13H12F3NO5S. The molecule has 0 spiro atoms. The van der Waals surface area contributed by atoms with Crippen LogP contribution in [0.5, 0.6) is 0 Å². The molecule has 0 saturated carbocycles. The molecule has 0 aliphatic rings. The Labute approximate surface area is 132 Å². The standard InChI is InChI=1S/C13H12F3NO5S/c1-3-22-12(20)8(9(18)13(14,15)16)6-17-10-7(4-5-23-10)11(19)21-2/h4-6,18H,3H2,1-2H3. The van der Waals surface area contributed by atoms with Gasteiger partial charge in [-0.15, -0.1) is 11.3 Å².